The average molecular weight is 257 g/mol. The molecule has 0 radical (unpaired) electrons. The molecule has 0 spiro atoms. The fourth-order valence-corrected chi connectivity index (χ4v) is 4.13. The summed E-state index contributed by atoms with van der Waals surface area (Å²) in [7, 11) is 0. The summed E-state index contributed by atoms with van der Waals surface area (Å²) in [6, 6.07) is 4.66. The van der Waals surface area contributed by atoms with E-state index in [1.807, 2.05) is 23.1 Å². The second-order valence-electron chi connectivity index (χ2n) is 4.57. The summed E-state index contributed by atoms with van der Waals surface area (Å²) in [6.07, 6.45) is 1.25. The molecule has 1 aromatic rings. The molecule has 0 aromatic carbocycles. The zero-order valence-electron chi connectivity index (χ0n) is 10.7. The summed E-state index contributed by atoms with van der Waals surface area (Å²) >= 11 is 3.90. The predicted octanol–water partition coefficient (Wildman–Crippen LogP) is 4.22. The second kappa shape index (κ2) is 6.67. The van der Waals surface area contributed by atoms with E-state index in [1.54, 1.807) is 0 Å². The van der Waals surface area contributed by atoms with Crippen molar-refractivity contribution < 1.29 is 0 Å². The van der Waals surface area contributed by atoms with Crippen molar-refractivity contribution in [1.29, 1.82) is 0 Å². The maximum absolute atomic E-state index is 6.09. The van der Waals surface area contributed by atoms with Crippen LogP contribution in [-0.2, 0) is 0 Å². The molecule has 0 saturated carbocycles. The lowest BCUT2D eigenvalue weighted by molar-refractivity contribution is 0.632. The van der Waals surface area contributed by atoms with Gasteiger partial charge in [-0.2, -0.15) is 11.8 Å². The summed E-state index contributed by atoms with van der Waals surface area (Å²) in [5, 5.41) is 0.465. The Kier molecular flexibility index (Phi) is 5.87. The van der Waals surface area contributed by atoms with Gasteiger partial charge in [0, 0.05) is 15.8 Å². The molecular weight excluding hydrogens is 234 g/mol. The third-order valence-electron chi connectivity index (χ3n) is 2.78. The molecule has 0 fully saturated rings. The van der Waals surface area contributed by atoms with Crippen LogP contribution in [0.5, 0.6) is 0 Å². The molecule has 3 unspecified atom stereocenters. The Bertz CT molecular complexity index is 307. The van der Waals surface area contributed by atoms with Crippen LogP contribution >= 0.6 is 23.1 Å². The van der Waals surface area contributed by atoms with Crippen molar-refractivity contribution in [3.05, 3.63) is 21.9 Å². The quantitative estimate of drug-likeness (QED) is 0.825. The smallest absolute Gasteiger partial charge is 0.0539 e. The number of aryl methyl sites for hydroxylation is 1. The van der Waals surface area contributed by atoms with Gasteiger partial charge in [0.25, 0.3) is 0 Å². The molecule has 0 saturated heterocycles. The summed E-state index contributed by atoms with van der Waals surface area (Å²) in [4.78, 5) is 2.81. The Labute approximate surface area is 108 Å². The van der Waals surface area contributed by atoms with Gasteiger partial charge >= 0.3 is 0 Å². The molecule has 92 valence electrons. The van der Waals surface area contributed by atoms with Crippen LogP contribution < -0.4 is 5.73 Å². The van der Waals surface area contributed by atoms with Crippen molar-refractivity contribution in [3.63, 3.8) is 0 Å². The van der Waals surface area contributed by atoms with Gasteiger partial charge in [0.1, 0.15) is 0 Å². The van der Waals surface area contributed by atoms with Crippen molar-refractivity contribution in [2.24, 2.45) is 11.7 Å². The number of thiophene rings is 1. The highest BCUT2D eigenvalue weighted by atomic mass is 32.2. The van der Waals surface area contributed by atoms with E-state index >= 15 is 0 Å². The van der Waals surface area contributed by atoms with Crippen molar-refractivity contribution in [3.8, 4) is 0 Å². The van der Waals surface area contributed by atoms with Crippen LogP contribution in [0.4, 0.5) is 0 Å². The molecule has 2 N–H and O–H groups in total. The van der Waals surface area contributed by atoms with Crippen LogP contribution in [0.1, 0.15) is 42.2 Å². The monoisotopic (exact) mass is 257 g/mol. The minimum absolute atomic E-state index is 0.229. The van der Waals surface area contributed by atoms with Gasteiger partial charge in [-0.15, -0.1) is 11.3 Å². The third-order valence-corrected chi connectivity index (χ3v) is 5.81. The minimum Gasteiger partial charge on any atom is -0.327 e. The van der Waals surface area contributed by atoms with Gasteiger partial charge in [-0.3, -0.25) is 0 Å². The van der Waals surface area contributed by atoms with Crippen LogP contribution in [0.2, 0.25) is 0 Å². The van der Waals surface area contributed by atoms with Crippen molar-refractivity contribution in [1.82, 2.24) is 0 Å². The van der Waals surface area contributed by atoms with Crippen LogP contribution in [0.25, 0.3) is 0 Å². The molecule has 1 aromatic heterocycles. The van der Waals surface area contributed by atoms with Crippen molar-refractivity contribution >= 4 is 23.1 Å². The Morgan fingerprint density at radius 3 is 2.50 bits per heavy atom. The van der Waals surface area contributed by atoms with Gasteiger partial charge < -0.3 is 5.73 Å². The Balaban J connectivity index is 2.61. The van der Waals surface area contributed by atoms with Gasteiger partial charge in [-0.05, 0) is 37.7 Å². The highest BCUT2D eigenvalue weighted by Gasteiger charge is 2.19. The molecule has 1 nitrogen and oxygen atoms in total. The standard InChI is InChI=1S/C13H23NS2/c1-5-9(2)8-15-13(11(4)14)12-7-6-10(3)16-12/h6-7,9,11,13H,5,8,14H2,1-4H3. The minimum atomic E-state index is 0.229. The second-order valence-corrected chi connectivity index (χ2v) is 7.07. The fourth-order valence-electron chi connectivity index (χ4n) is 1.49. The molecule has 0 bridgehead atoms. The summed E-state index contributed by atoms with van der Waals surface area (Å²) in [6.45, 7) is 8.83. The zero-order chi connectivity index (χ0) is 12.1. The molecule has 16 heavy (non-hydrogen) atoms. The first-order valence-electron chi connectivity index (χ1n) is 5.98. The third kappa shape index (κ3) is 4.11. The van der Waals surface area contributed by atoms with E-state index in [9.17, 15) is 0 Å². The molecule has 1 rings (SSSR count). The van der Waals surface area contributed by atoms with E-state index in [0.29, 0.717) is 5.25 Å². The van der Waals surface area contributed by atoms with Gasteiger partial charge in [-0.25, -0.2) is 0 Å². The fraction of sp³-hybridized carbons (Fsp3) is 0.692. The topological polar surface area (TPSA) is 26.0 Å². The molecule has 0 aliphatic carbocycles. The molecule has 3 heteroatoms. The van der Waals surface area contributed by atoms with Crippen LogP contribution in [0, 0.1) is 12.8 Å². The highest BCUT2D eigenvalue weighted by molar-refractivity contribution is 7.99. The maximum Gasteiger partial charge on any atom is 0.0539 e. The van der Waals surface area contributed by atoms with Gasteiger partial charge in [0.2, 0.25) is 0 Å². The molecule has 0 aliphatic rings. The Morgan fingerprint density at radius 2 is 2.06 bits per heavy atom. The molecule has 1 heterocycles. The first kappa shape index (κ1) is 14.1. The van der Waals surface area contributed by atoms with E-state index in [1.165, 1.54) is 21.9 Å². The number of hydrogen-bond donors (Lipinski definition) is 1. The molecule has 3 atom stereocenters. The predicted molar refractivity (Wildman–Crippen MR) is 77.4 cm³/mol. The largest absolute Gasteiger partial charge is 0.327 e. The van der Waals surface area contributed by atoms with E-state index in [0.717, 1.165) is 5.92 Å². The van der Waals surface area contributed by atoms with Crippen molar-refractivity contribution in [2.45, 2.75) is 45.4 Å². The number of nitrogens with two attached hydrogens (primary N) is 1. The zero-order valence-corrected chi connectivity index (χ0v) is 12.3. The van der Waals surface area contributed by atoms with Gasteiger partial charge in [0.05, 0.1) is 5.25 Å². The van der Waals surface area contributed by atoms with Gasteiger partial charge in [0.15, 0.2) is 0 Å². The van der Waals surface area contributed by atoms with E-state index < -0.39 is 0 Å². The summed E-state index contributed by atoms with van der Waals surface area (Å²) in [5.41, 5.74) is 6.09. The van der Waals surface area contributed by atoms with Crippen LogP contribution in [-0.4, -0.2) is 11.8 Å². The molecule has 0 amide bonds. The lowest BCUT2D eigenvalue weighted by Gasteiger charge is -2.20. The lowest BCUT2D eigenvalue weighted by Crippen LogP contribution is -2.22. The van der Waals surface area contributed by atoms with Crippen LogP contribution in [0.15, 0.2) is 12.1 Å². The summed E-state index contributed by atoms with van der Waals surface area (Å²) in [5.74, 6) is 1.99. The first-order valence-corrected chi connectivity index (χ1v) is 7.84. The summed E-state index contributed by atoms with van der Waals surface area (Å²) < 4.78 is 0. The van der Waals surface area contributed by atoms with E-state index in [-0.39, 0.29) is 6.04 Å². The normalized spacial score (nSPS) is 17.1. The molecular formula is C13H23NS2. The molecule has 0 aliphatic heterocycles. The van der Waals surface area contributed by atoms with Gasteiger partial charge in [-0.1, -0.05) is 20.3 Å². The SMILES string of the molecule is CCC(C)CSC(c1ccc(C)s1)C(C)N. The van der Waals surface area contributed by atoms with Crippen molar-refractivity contribution in [2.75, 3.05) is 5.75 Å². The number of rotatable bonds is 6. The van der Waals surface area contributed by atoms with Crippen LogP contribution in [0.3, 0.4) is 0 Å². The Morgan fingerprint density at radius 1 is 1.38 bits per heavy atom. The number of thioether (sulfide) groups is 1. The van der Waals surface area contributed by atoms with E-state index in [2.05, 4.69) is 39.8 Å². The Hall–Kier alpha value is 0.01000. The number of hydrogen-bond acceptors (Lipinski definition) is 3. The highest BCUT2D eigenvalue weighted by Crippen LogP contribution is 2.36. The van der Waals surface area contributed by atoms with E-state index in [4.69, 9.17) is 5.73 Å². The average Bonchev–Trinajstić information content (AvgIpc) is 2.64. The first-order chi connectivity index (χ1) is 7.54. The lowest BCUT2D eigenvalue weighted by atomic mass is 10.2. The maximum atomic E-state index is 6.09.